The average molecular weight is 311 g/mol. The van der Waals surface area contributed by atoms with Gasteiger partial charge in [-0.05, 0) is 56.3 Å². The first-order valence-corrected chi connectivity index (χ1v) is 8.78. The van der Waals surface area contributed by atoms with Crippen LogP contribution in [0.25, 0.3) is 0 Å². The number of hydrogen-bond donors (Lipinski definition) is 0. The smallest absolute Gasteiger partial charge is 0.177 e. The zero-order valence-electron chi connectivity index (χ0n) is 13.5. The molecule has 120 valence electrons. The number of nitrogens with zero attached hydrogens (tertiary/aromatic N) is 1. The van der Waals surface area contributed by atoms with Gasteiger partial charge in [-0.3, -0.25) is 4.79 Å². The Morgan fingerprint density at radius 3 is 3.09 bits per heavy atom. The van der Waals surface area contributed by atoms with Crippen LogP contribution in [-0.2, 0) is 16.6 Å². The van der Waals surface area contributed by atoms with Gasteiger partial charge >= 0.3 is 0 Å². The number of ketones is 1. The van der Waals surface area contributed by atoms with E-state index in [1.807, 2.05) is 6.07 Å². The van der Waals surface area contributed by atoms with Gasteiger partial charge in [-0.15, -0.1) is 0 Å². The lowest BCUT2D eigenvalue weighted by molar-refractivity contribution is -0.139. The van der Waals surface area contributed by atoms with Gasteiger partial charge in [0.2, 0.25) is 0 Å². The number of carbonyl (C=O) groups is 1. The highest BCUT2D eigenvalue weighted by Gasteiger charge is 2.73. The van der Waals surface area contributed by atoms with E-state index in [0.29, 0.717) is 23.7 Å². The number of likely N-dealkylation sites (tertiary alicyclic amines) is 1. The summed E-state index contributed by atoms with van der Waals surface area (Å²) in [4.78, 5) is 15.5. The summed E-state index contributed by atoms with van der Waals surface area (Å²) in [5.41, 5.74) is 2.63. The van der Waals surface area contributed by atoms with Crippen LogP contribution in [0, 0.1) is 17.8 Å². The quantitative estimate of drug-likeness (QED) is 0.793. The third-order valence-electron chi connectivity index (χ3n) is 7.40. The molecule has 4 unspecified atom stereocenters. The summed E-state index contributed by atoms with van der Waals surface area (Å²) in [6.07, 6.45) is 2.95. The second kappa shape index (κ2) is 3.75. The molecule has 0 amide bonds. The van der Waals surface area contributed by atoms with Gasteiger partial charge in [-0.1, -0.05) is 6.07 Å². The molecule has 2 heterocycles. The molecule has 0 radical (unpaired) electrons. The second-order valence-electron chi connectivity index (χ2n) is 8.11. The topological polar surface area (TPSA) is 38.8 Å². The first-order valence-electron chi connectivity index (χ1n) is 8.78. The number of ether oxygens (including phenoxy) is 2. The Hall–Kier alpha value is -1.55. The fourth-order valence-corrected chi connectivity index (χ4v) is 6.45. The van der Waals surface area contributed by atoms with E-state index >= 15 is 0 Å². The number of piperidine rings is 1. The highest BCUT2D eigenvalue weighted by molar-refractivity contribution is 5.93. The maximum atomic E-state index is 13.0. The normalized spacial score (nSPS) is 45.1. The Balaban J connectivity index is 1.68. The first kappa shape index (κ1) is 12.8. The number of fused-ring (bicyclic) bond motifs is 1. The van der Waals surface area contributed by atoms with Crippen molar-refractivity contribution in [2.45, 2.75) is 36.8 Å². The van der Waals surface area contributed by atoms with Gasteiger partial charge in [0.15, 0.2) is 23.4 Å². The van der Waals surface area contributed by atoms with Gasteiger partial charge in [-0.25, -0.2) is 0 Å². The van der Waals surface area contributed by atoms with Crippen molar-refractivity contribution >= 4 is 5.78 Å². The van der Waals surface area contributed by atoms with E-state index in [0.717, 1.165) is 37.3 Å². The first-order chi connectivity index (χ1) is 11.2. The number of Topliss-reactive ketones (excluding diaryl/α,β-unsaturated/α-hetero) is 1. The van der Waals surface area contributed by atoms with Crippen LogP contribution in [-0.4, -0.2) is 43.5 Å². The predicted octanol–water partition coefficient (Wildman–Crippen LogP) is 1.79. The number of hydrogen-bond acceptors (Lipinski definition) is 4. The molecule has 1 saturated heterocycles. The van der Waals surface area contributed by atoms with Crippen molar-refractivity contribution in [3.05, 3.63) is 23.3 Å². The number of benzene rings is 1. The number of methoxy groups -OCH3 is 1. The van der Waals surface area contributed by atoms with Crippen LogP contribution < -0.4 is 9.47 Å². The van der Waals surface area contributed by atoms with Crippen molar-refractivity contribution < 1.29 is 14.3 Å². The van der Waals surface area contributed by atoms with E-state index in [2.05, 4.69) is 18.0 Å². The summed E-state index contributed by atoms with van der Waals surface area (Å²) in [5, 5.41) is 0. The van der Waals surface area contributed by atoms with Gasteiger partial charge in [0, 0.05) is 22.9 Å². The number of carbonyl (C=O) groups excluding carboxylic acids is 1. The van der Waals surface area contributed by atoms with Gasteiger partial charge in [0.1, 0.15) is 0 Å². The summed E-state index contributed by atoms with van der Waals surface area (Å²) in [6, 6.07) is 4.78. The standard InChI is InChI=1S/C19H21NO3/c1-20-6-5-19-14-9-3-4-13(22-2)17(14)23-18(19)16(21)11-8-10(11)15(19)12(20)7-9/h3-4,10-12,15,18H,5-8H2,1-2H3/t10-,11+,12?,15?,18?,19?/m0/s1. The van der Waals surface area contributed by atoms with E-state index in [-0.39, 0.29) is 17.4 Å². The van der Waals surface area contributed by atoms with Gasteiger partial charge in [0.05, 0.1) is 7.11 Å². The molecule has 6 atom stereocenters. The van der Waals surface area contributed by atoms with Crippen molar-refractivity contribution in [2.75, 3.05) is 20.7 Å². The molecule has 2 bridgehead atoms. The lowest BCUT2D eigenvalue weighted by Gasteiger charge is -2.57. The SMILES string of the molecule is COc1ccc2c3c1OC1C(=O)[C@@H]4C[C@@H]4C4C(C2)N(C)CCC314. The maximum Gasteiger partial charge on any atom is 0.177 e. The van der Waals surface area contributed by atoms with Crippen molar-refractivity contribution in [2.24, 2.45) is 17.8 Å². The molecule has 6 rings (SSSR count). The van der Waals surface area contributed by atoms with Gasteiger partial charge in [0.25, 0.3) is 0 Å². The zero-order chi connectivity index (χ0) is 15.5. The molecule has 1 aromatic carbocycles. The highest BCUT2D eigenvalue weighted by atomic mass is 16.5. The minimum atomic E-state index is -0.266. The van der Waals surface area contributed by atoms with E-state index in [1.165, 1.54) is 11.1 Å². The minimum Gasteiger partial charge on any atom is -0.493 e. The molecule has 3 fully saturated rings. The molecular weight excluding hydrogens is 290 g/mol. The molecule has 5 aliphatic rings. The van der Waals surface area contributed by atoms with Crippen LogP contribution in [0.2, 0.25) is 0 Å². The molecule has 2 saturated carbocycles. The van der Waals surface area contributed by atoms with Crippen LogP contribution in [0.4, 0.5) is 0 Å². The Morgan fingerprint density at radius 1 is 1.39 bits per heavy atom. The summed E-state index contributed by atoms with van der Waals surface area (Å²) in [6.45, 7) is 1.06. The Labute approximate surface area is 135 Å². The third kappa shape index (κ3) is 1.22. The largest absolute Gasteiger partial charge is 0.493 e. The van der Waals surface area contributed by atoms with E-state index in [9.17, 15) is 4.79 Å². The molecule has 0 aromatic heterocycles. The van der Waals surface area contributed by atoms with E-state index < -0.39 is 0 Å². The lowest BCUT2D eigenvalue weighted by Crippen LogP contribution is -2.66. The summed E-state index contributed by atoms with van der Waals surface area (Å²) >= 11 is 0. The van der Waals surface area contributed by atoms with E-state index in [4.69, 9.17) is 9.47 Å². The molecule has 0 N–H and O–H groups in total. The van der Waals surface area contributed by atoms with Crippen LogP contribution in [0.1, 0.15) is 24.0 Å². The Kier molecular flexibility index (Phi) is 2.09. The summed E-state index contributed by atoms with van der Waals surface area (Å²) < 4.78 is 11.9. The second-order valence-corrected chi connectivity index (χ2v) is 8.11. The molecule has 2 aliphatic heterocycles. The maximum absolute atomic E-state index is 13.0. The average Bonchev–Trinajstić information content (AvgIpc) is 3.27. The van der Waals surface area contributed by atoms with Crippen molar-refractivity contribution in [1.82, 2.24) is 4.90 Å². The van der Waals surface area contributed by atoms with Crippen molar-refractivity contribution in [3.63, 3.8) is 0 Å². The zero-order valence-corrected chi connectivity index (χ0v) is 13.5. The Morgan fingerprint density at radius 2 is 2.26 bits per heavy atom. The predicted molar refractivity (Wildman–Crippen MR) is 83.9 cm³/mol. The van der Waals surface area contributed by atoms with Crippen LogP contribution in [0.15, 0.2) is 12.1 Å². The third-order valence-corrected chi connectivity index (χ3v) is 7.40. The highest BCUT2D eigenvalue weighted by Crippen LogP contribution is 2.69. The molecule has 4 heteroatoms. The summed E-state index contributed by atoms with van der Waals surface area (Å²) in [7, 11) is 3.95. The van der Waals surface area contributed by atoms with E-state index in [1.54, 1.807) is 7.11 Å². The van der Waals surface area contributed by atoms with Crippen LogP contribution in [0.3, 0.4) is 0 Å². The monoisotopic (exact) mass is 311 g/mol. The molecule has 1 aromatic rings. The van der Waals surface area contributed by atoms with Gasteiger partial charge in [-0.2, -0.15) is 0 Å². The van der Waals surface area contributed by atoms with Crippen molar-refractivity contribution in [3.8, 4) is 11.5 Å². The van der Waals surface area contributed by atoms with Gasteiger partial charge < -0.3 is 14.4 Å². The Bertz CT molecular complexity index is 759. The number of rotatable bonds is 1. The number of likely N-dealkylation sites (N-methyl/N-ethyl adjacent to an activating group) is 1. The molecule has 3 aliphatic carbocycles. The molecule has 23 heavy (non-hydrogen) atoms. The molecule has 4 nitrogen and oxygen atoms in total. The van der Waals surface area contributed by atoms with Crippen molar-refractivity contribution in [1.29, 1.82) is 0 Å². The summed E-state index contributed by atoms with van der Waals surface area (Å²) in [5.74, 6) is 3.45. The fourth-order valence-electron chi connectivity index (χ4n) is 6.45. The molecular formula is C19H21NO3. The van der Waals surface area contributed by atoms with Crippen LogP contribution >= 0.6 is 0 Å². The minimum absolute atomic E-state index is 0.0800. The van der Waals surface area contributed by atoms with Crippen LogP contribution in [0.5, 0.6) is 11.5 Å². The fraction of sp³-hybridized carbons (Fsp3) is 0.632. The molecule has 1 spiro atoms. The lowest BCUT2D eigenvalue weighted by atomic mass is 9.51.